The Morgan fingerprint density at radius 1 is 1.42 bits per heavy atom. The maximum absolute atomic E-state index is 5.10. The van der Waals surface area contributed by atoms with Crippen LogP contribution in [0.4, 0.5) is 5.82 Å². The van der Waals surface area contributed by atoms with Gasteiger partial charge in [0.05, 0.1) is 7.11 Å². The Morgan fingerprint density at radius 2 is 2.21 bits per heavy atom. The molecule has 2 heterocycles. The number of ether oxygens (including phenoxy) is 1. The van der Waals surface area contributed by atoms with Gasteiger partial charge in [-0.3, -0.25) is 0 Å². The summed E-state index contributed by atoms with van der Waals surface area (Å²) in [5, 5.41) is 3.46. The monoisotopic (exact) mass is 264 g/mol. The Labute approximate surface area is 115 Å². The smallest absolute Gasteiger partial charge is 0.218 e. The molecule has 106 valence electrons. The van der Waals surface area contributed by atoms with Crippen molar-refractivity contribution in [2.75, 3.05) is 32.1 Å². The van der Waals surface area contributed by atoms with E-state index in [9.17, 15) is 0 Å². The van der Waals surface area contributed by atoms with Crippen molar-refractivity contribution in [3.05, 3.63) is 12.4 Å². The van der Waals surface area contributed by atoms with Crippen molar-refractivity contribution < 1.29 is 4.74 Å². The van der Waals surface area contributed by atoms with E-state index in [2.05, 4.69) is 41.0 Å². The molecule has 1 N–H and O–H groups in total. The molecule has 1 aliphatic rings. The lowest BCUT2D eigenvalue weighted by atomic mass is 9.96. The number of hydrogen-bond donors (Lipinski definition) is 1. The molecule has 1 aromatic rings. The van der Waals surface area contributed by atoms with E-state index < -0.39 is 0 Å². The van der Waals surface area contributed by atoms with Crippen LogP contribution in [0.5, 0.6) is 5.88 Å². The Bertz CT molecular complexity index is 416. The van der Waals surface area contributed by atoms with Gasteiger partial charge >= 0.3 is 0 Å². The van der Waals surface area contributed by atoms with E-state index in [1.165, 1.54) is 6.33 Å². The van der Waals surface area contributed by atoms with Gasteiger partial charge in [-0.05, 0) is 11.8 Å². The summed E-state index contributed by atoms with van der Waals surface area (Å²) in [5.74, 6) is 1.44. The zero-order chi connectivity index (χ0) is 13.9. The zero-order valence-electron chi connectivity index (χ0n) is 12.3. The van der Waals surface area contributed by atoms with Gasteiger partial charge in [-0.1, -0.05) is 20.8 Å². The fourth-order valence-corrected chi connectivity index (χ4v) is 2.50. The molecule has 1 aromatic heterocycles. The minimum Gasteiger partial charge on any atom is -0.481 e. The molecule has 19 heavy (non-hydrogen) atoms. The van der Waals surface area contributed by atoms with Gasteiger partial charge in [0.1, 0.15) is 12.1 Å². The molecule has 0 saturated carbocycles. The minimum absolute atomic E-state index is 0.354. The topological polar surface area (TPSA) is 50.3 Å². The van der Waals surface area contributed by atoms with E-state index in [0.29, 0.717) is 17.3 Å². The number of nitrogens with one attached hydrogen (secondary N) is 1. The van der Waals surface area contributed by atoms with Gasteiger partial charge in [0, 0.05) is 31.7 Å². The summed E-state index contributed by atoms with van der Waals surface area (Å²) in [6, 6.07) is 2.30. The first-order valence-corrected chi connectivity index (χ1v) is 6.81. The number of rotatable bonds is 4. The number of anilines is 1. The minimum atomic E-state index is 0.354. The van der Waals surface area contributed by atoms with Crippen LogP contribution in [0.15, 0.2) is 12.4 Å². The van der Waals surface area contributed by atoms with Crippen LogP contribution in [-0.2, 0) is 0 Å². The van der Waals surface area contributed by atoms with E-state index in [1.54, 1.807) is 7.11 Å². The molecular formula is C14H24N4O. The summed E-state index contributed by atoms with van der Waals surface area (Å²) in [7, 11) is 1.62. The van der Waals surface area contributed by atoms with E-state index in [0.717, 1.165) is 31.9 Å². The van der Waals surface area contributed by atoms with Crippen molar-refractivity contribution in [2.24, 2.45) is 5.41 Å². The summed E-state index contributed by atoms with van der Waals surface area (Å²) in [6.45, 7) is 10.2. The predicted octanol–water partition coefficient (Wildman–Crippen LogP) is 2.02. The van der Waals surface area contributed by atoms with Crippen LogP contribution in [0.25, 0.3) is 0 Å². The first kappa shape index (κ1) is 14.1. The second kappa shape index (κ2) is 5.74. The lowest BCUT2D eigenvalue weighted by Gasteiger charge is -2.26. The normalized spacial score (nSPS) is 20.5. The summed E-state index contributed by atoms with van der Waals surface area (Å²) < 4.78 is 5.10. The maximum atomic E-state index is 5.10. The SMILES string of the molecule is COc1cc(NC2CCN(CC(C)(C)C)C2)ncn1. The summed E-state index contributed by atoms with van der Waals surface area (Å²) in [6.07, 6.45) is 2.69. The molecule has 0 bridgehead atoms. The van der Waals surface area contributed by atoms with E-state index in [4.69, 9.17) is 4.74 Å². The Morgan fingerprint density at radius 3 is 2.89 bits per heavy atom. The third-order valence-electron chi connectivity index (χ3n) is 3.17. The fourth-order valence-electron chi connectivity index (χ4n) is 2.50. The predicted molar refractivity (Wildman–Crippen MR) is 76.5 cm³/mol. The second-order valence-corrected chi connectivity index (χ2v) is 6.37. The molecule has 1 aliphatic heterocycles. The van der Waals surface area contributed by atoms with Gasteiger partial charge in [0.15, 0.2) is 0 Å². The van der Waals surface area contributed by atoms with Crippen LogP contribution in [0, 0.1) is 5.41 Å². The standard InChI is InChI=1S/C14H24N4O/c1-14(2,3)9-18-6-5-11(8-18)17-12-7-13(19-4)16-10-15-12/h7,10-11H,5-6,8-9H2,1-4H3,(H,15,16,17). The molecule has 0 radical (unpaired) electrons. The van der Waals surface area contributed by atoms with Crippen molar-refractivity contribution in [1.82, 2.24) is 14.9 Å². The van der Waals surface area contributed by atoms with Gasteiger partial charge in [-0.25, -0.2) is 9.97 Å². The van der Waals surface area contributed by atoms with Crippen LogP contribution in [0.3, 0.4) is 0 Å². The second-order valence-electron chi connectivity index (χ2n) is 6.37. The lowest BCUT2D eigenvalue weighted by molar-refractivity contribution is 0.226. The molecule has 0 aliphatic carbocycles. The summed E-state index contributed by atoms with van der Waals surface area (Å²) in [5.41, 5.74) is 0.354. The quantitative estimate of drug-likeness (QED) is 0.901. The Hall–Kier alpha value is -1.36. The first-order valence-electron chi connectivity index (χ1n) is 6.81. The van der Waals surface area contributed by atoms with Crippen molar-refractivity contribution in [2.45, 2.75) is 33.2 Å². The molecule has 1 unspecified atom stereocenters. The summed E-state index contributed by atoms with van der Waals surface area (Å²) in [4.78, 5) is 10.8. The third kappa shape index (κ3) is 4.35. The van der Waals surface area contributed by atoms with Gasteiger partial charge < -0.3 is 15.0 Å². The van der Waals surface area contributed by atoms with Gasteiger partial charge in [-0.2, -0.15) is 0 Å². The van der Waals surface area contributed by atoms with Gasteiger partial charge in [0.25, 0.3) is 0 Å². The van der Waals surface area contributed by atoms with Crippen LogP contribution >= 0.6 is 0 Å². The highest BCUT2D eigenvalue weighted by atomic mass is 16.5. The van der Waals surface area contributed by atoms with Crippen LogP contribution < -0.4 is 10.1 Å². The van der Waals surface area contributed by atoms with Crippen molar-refractivity contribution >= 4 is 5.82 Å². The highest BCUT2D eigenvalue weighted by Crippen LogP contribution is 2.21. The van der Waals surface area contributed by atoms with Crippen molar-refractivity contribution in [1.29, 1.82) is 0 Å². The summed E-state index contributed by atoms with van der Waals surface area (Å²) >= 11 is 0. The van der Waals surface area contributed by atoms with Crippen molar-refractivity contribution in [3.63, 3.8) is 0 Å². The number of likely N-dealkylation sites (tertiary alicyclic amines) is 1. The highest BCUT2D eigenvalue weighted by Gasteiger charge is 2.25. The molecule has 5 nitrogen and oxygen atoms in total. The Balaban J connectivity index is 1.87. The Kier molecular flexibility index (Phi) is 4.24. The lowest BCUT2D eigenvalue weighted by Crippen LogP contribution is -2.33. The van der Waals surface area contributed by atoms with Gasteiger partial charge in [0.2, 0.25) is 5.88 Å². The number of methoxy groups -OCH3 is 1. The molecule has 0 spiro atoms. The number of hydrogen-bond acceptors (Lipinski definition) is 5. The average Bonchev–Trinajstić information content (AvgIpc) is 2.74. The number of nitrogens with zero attached hydrogens (tertiary/aromatic N) is 3. The van der Waals surface area contributed by atoms with Crippen molar-refractivity contribution in [3.8, 4) is 5.88 Å². The van der Waals surface area contributed by atoms with E-state index >= 15 is 0 Å². The van der Waals surface area contributed by atoms with E-state index in [-0.39, 0.29) is 0 Å². The zero-order valence-corrected chi connectivity index (χ0v) is 12.3. The largest absolute Gasteiger partial charge is 0.481 e. The highest BCUT2D eigenvalue weighted by molar-refractivity contribution is 5.38. The average molecular weight is 264 g/mol. The molecular weight excluding hydrogens is 240 g/mol. The fraction of sp³-hybridized carbons (Fsp3) is 0.714. The van der Waals surface area contributed by atoms with E-state index in [1.807, 2.05) is 6.07 Å². The molecule has 2 rings (SSSR count). The maximum Gasteiger partial charge on any atom is 0.218 e. The molecule has 5 heteroatoms. The first-order chi connectivity index (χ1) is 8.96. The molecule has 0 aromatic carbocycles. The van der Waals surface area contributed by atoms with Crippen LogP contribution in [0.2, 0.25) is 0 Å². The van der Waals surface area contributed by atoms with Crippen LogP contribution in [0.1, 0.15) is 27.2 Å². The van der Waals surface area contributed by atoms with Gasteiger partial charge in [-0.15, -0.1) is 0 Å². The molecule has 1 atom stereocenters. The van der Waals surface area contributed by atoms with Crippen LogP contribution in [-0.4, -0.2) is 47.7 Å². The molecule has 1 saturated heterocycles. The third-order valence-corrected chi connectivity index (χ3v) is 3.17. The molecule has 1 fully saturated rings. The number of aromatic nitrogens is 2. The molecule has 0 amide bonds.